The van der Waals surface area contributed by atoms with E-state index < -0.39 is 0 Å². The summed E-state index contributed by atoms with van der Waals surface area (Å²) in [5.41, 5.74) is 1.36. The molecule has 130 valence electrons. The Hall–Kier alpha value is -1.78. The molecule has 0 saturated carbocycles. The van der Waals surface area contributed by atoms with Gasteiger partial charge in [0.25, 0.3) is 0 Å². The highest BCUT2D eigenvalue weighted by atomic mass is 16.3. The van der Waals surface area contributed by atoms with Crippen LogP contribution >= 0.6 is 0 Å². The Labute approximate surface area is 145 Å². The number of para-hydroxylation sites is 1. The van der Waals surface area contributed by atoms with Crippen LogP contribution < -0.4 is 10.2 Å². The number of hydrogen-bond donors (Lipinski definition) is 1. The lowest BCUT2D eigenvalue weighted by molar-refractivity contribution is 0.252. The van der Waals surface area contributed by atoms with Gasteiger partial charge in [-0.3, -0.25) is 4.90 Å². The summed E-state index contributed by atoms with van der Waals surface area (Å²) in [5, 5.41) is 3.46. The lowest BCUT2D eigenvalue weighted by Gasteiger charge is -2.36. The van der Waals surface area contributed by atoms with Crippen molar-refractivity contribution in [3.8, 4) is 0 Å². The Kier molecular flexibility index (Phi) is 6.33. The summed E-state index contributed by atoms with van der Waals surface area (Å²) in [5.74, 6) is 2.02. The summed E-state index contributed by atoms with van der Waals surface area (Å²) in [4.78, 5) is 5.08. The van der Waals surface area contributed by atoms with Crippen molar-refractivity contribution >= 4 is 5.69 Å². The number of furan rings is 1. The topological polar surface area (TPSA) is 31.6 Å². The van der Waals surface area contributed by atoms with Gasteiger partial charge in [-0.15, -0.1) is 0 Å². The maximum absolute atomic E-state index is 5.56. The molecule has 0 atom stereocenters. The van der Waals surface area contributed by atoms with Crippen LogP contribution in [0.25, 0.3) is 0 Å². The molecule has 1 aliphatic rings. The summed E-state index contributed by atoms with van der Waals surface area (Å²) < 4.78 is 5.56. The second-order valence-corrected chi connectivity index (χ2v) is 6.56. The van der Waals surface area contributed by atoms with Crippen LogP contribution in [0.4, 0.5) is 5.69 Å². The molecular formula is C20H29N3O. The van der Waals surface area contributed by atoms with Gasteiger partial charge >= 0.3 is 0 Å². The number of nitrogens with zero attached hydrogens (tertiary/aromatic N) is 2. The summed E-state index contributed by atoms with van der Waals surface area (Å²) >= 11 is 0. The van der Waals surface area contributed by atoms with E-state index in [1.165, 1.54) is 38.2 Å². The zero-order chi connectivity index (χ0) is 16.6. The van der Waals surface area contributed by atoms with Gasteiger partial charge in [0.15, 0.2) is 0 Å². The molecule has 4 nitrogen and oxygen atoms in total. The first kappa shape index (κ1) is 17.1. The van der Waals surface area contributed by atoms with E-state index in [0.29, 0.717) is 0 Å². The zero-order valence-electron chi connectivity index (χ0n) is 14.7. The standard InChI is InChI=1S/C20H29N3O/c1-18-9-10-20(24-18)17-21-11-5-6-12-22-13-15-23(16-14-22)19-7-3-2-4-8-19/h2-4,7-10,21H,5-6,11-17H2,1H3. The minimum atomic E-state index is 0.837. The van der Waals surface area contributed by atoms with Gasteiger partial charge in [-0.05, 0) is 57.1 Å². The molecule has 3 rings (SSSR count). The molecule has 0 unspecified atom stereocenters. The molecule has 1 aromatic carbocycles. The second kappa shape index (κ2) is 8.90. The number of piperazine rings is 1. The summed E-state index contributed by atoms with van der Waals surface area (Å²) in [6, 6.07) is 14.8. The van der Waals surface area contributed by atoms with Gasteiger partial charge in [0, 0.05) is 31.9 Å². The molecule has 1 saturated heterocycles. The smallest absolute Gasteiger partial charge is 0.117 e. The van der Waals surface area contributed by atoms with Crippen molar-refractivity contribution in [2.75, 3.05) is 44.2 Å². The third kappa shape index (κ3) is 5.11. The molecule has 0 amide bonds. The second-order valence-electron chi connectivity index (χ2n) is 6.56. The van der Waals surface area contributed by atoms with Crippen LogP contribution in [0.1, 0.15) is 24.4 Å². The quantitative estimate of drug-likeness (QED) is 0.754. The first-order valence-corrected chi connectivity index (χ1v) is 9.10. The molecule has 0 bridgehead atoms. The average molecular weight is 327 g/mol. The van der Waals surface area contributed by atoms with E-state index in [2.05, 4.69) is 51.5 Å². The highest BCUT2D eigenvalue weighted by molar-refractivity contribution is 5.46. The normalized spacial score (nSPS) is 15.8. The number of hydrogen-bond acceptors (Lipinski definition) is 4. The summed E-state index contributed by atoms with van der Waals surface area (Å²) in [7, 11) is 0. The van der Waals surface area contributed by atoms with Gasteiger partial charge in [0.1, 0.15) is 11.5 Å². The third-order valence-corrected chi connectivity index (χ3v) is 4.67. The van der Waals surface area contributed by atoms with Crippen molar-refractivity contribution in [1.29, 1.82) is 0 Å². The monoisotopic (exact) mass is 327 g/mol. The summed E-state index contributed by atoms with van der Waals surface area (Å²) in [6.45, 7) is 9.72. The average Bonchev–Trinajstić information content (AvgIpc) is 3.04. The van der Waals surface area contributed by atoms with Crippen molar-refractivity contribution in [3.05, 3.63) is 54.0 Å². The molecule has 1 aromatic heterocycles. The predicted octanol–water partition coefficient (Wildman–Crippen LogP) is 3.28. The van der Waals surface area contributed by atoms with E-state index in [0.717, 1.165) is 37.7 Å². The number of rotatable bonds is 8. The van der Waals surface area contributed by atoms with E-state index in [1.54, 1.807) is 0 Å². The fraction of sp³-hybridized carbons (Fsp3) is 0.500. The lowest BCUT2D eigenvalue weighted by Crippen LogP contribution is -2.46. The Morgan fingerprint density at radius 2 is 1.75 bits per heavy atom. The predicted molar refractivity (Wildman–Crippen MR) is 99.5 cm³/mol. The van der Waals surface area contributed by atoms with Crippen molar-refractivity contribution in [1.82, 2.24) is 10.2 Å². The number of benzene rings is 1. The molecule has 2 aromatic rings. The van der Waals surface area contributed by atoms with Crippen molar-refractivity contribution < 1.29 is 4.42 Å². The van der Waals surface area contributed by atoms with Gasteiger partial charge in [-0.2, -0.15) is 0 Å². The molecule has 1 N–H and O–H groups in total. The summed E-state index contributed by atoms with van der Waals surface area (Å²) in [6.07, 6.45) is 2.48. The van der Waals surface area contributed by atoms with Gasteiger partial charge in [0.05, 0.1) is 6.54 Å². The van der Waals surface area contributed by atoms with E-state index in [4.69, 9.17) is 4.42 Å². The van der Waals surface area contributed by atoms with Crippen LogP contribution in [0, 0.1) is 6.92 Å². The van der Waals surface area contributed by atoms with Gasteiger partial charge in [0.2, 0.25) is 0 Å². The molecule has 0 spiro atoms. The molecule has 0 aliphatic carbocycles. The van der Waals surface area contributed by atoms with Crippen molar-refractivity contribution in [3.63, 3.8) is 0 Å². The number of anilines is 1. The number of nitrogens with one attached hydrogen (secondary N) is 1. The van der Waals surface area contributed by atoms with Crippen LogP contribution in [-0.4, -0.2) is 44.2 Å². The van der Waals surface area contributed by atoms with E-state index in [-0.39, 0.29) is 0 Å². The highest BCUT2D eigenvalue weighted by Gasteiger charge is 2.16. The van der Waals surface area contributed by atoms with Crippen LogP contribution in [0.15, 0.2) is 46.9 Å². The first-order valence-electron chi connectivity index (χ1n) is 9.10. The van der Waals surface area contributed by atoms with E-state index in [9.17, 15) is 0 Å². The molecule has 2 heterocycles. The Balaban J connectivity index is 1.25. The zero-order valence-corrected chi connectivity index (χ0v) is 14.7. The minimum absolute atomic E-state index is 0.837. The fourth-order valence-corrected chi connectivity index (χ4v) is 3.25. The Morgan fingerprint density at radius 3 is 2.46 bits per heavy atom. The van der Waals surface area contributed by atoms with Crippen LogP contribution in [0.2, 0.25) is 0 Å². The van der Waals surface area contributed by atoms with Crippen molar-refractivity contribution in [2.45, 2.75) is 26.3 Å². The lowest BCUT2D eigenvalue weighted by atomic mass is 10.2. The highest BCUT2D eigenvalue weighted by Crippen LogP contribution is 2.15. The van der Waals surface area contributed by atoms with Gasteiger partial charge < -0.3 is 14.6 Å². The fourth-order valence-electron chi connectivity index (χ4n) is 3.25. The van der Waals surface area contributed by atoms with Gasteiger partial charge in [-0.25, -0.2) is 0 Å². The van der Waals surface area contributed by atoms with E-state index >= 15 is 0 Å². The molecular weight excluding hydrogens is 298 g/mol. The van der Waals surface area contributed by atoms with Crippen molar-refractivity contribution in [2.24, 2.45) is 0 Å². The SMILES string of the molecule is Cc1ccc(CNCCCCN2CCN(c3ccccc3)CC2)o1. The minimum Gasteiger partial charge on any atom is -0.465 e. The van der Waals surface area contributed by atoms with Gasteiger partial charge in [-0.1, -0.05) is 18.2 Å². The van der Waals surface area contributed by atoms with Crippen LogP contribution in [0.3, 0.4) is 0 Å². The number of unbranched alkanes of at least 4 members (excludes halogenated alkanes) is 1. The van der Waals surface area contributed by atoms with Crippen LogP contribution in [-0.2, 0) is 6.54 Å². The van der Waals surface area contributed by atoms with E-state index in [1.807, 2.05) is 13.0 Å². The molecule has 4 heteroatoms. The third-order valence-electron chi connectivity index (χ3n) is 4.67. The largest absolute Gasteiger partial charge is 0.465 e. The molecule has 0 radical (unpaired) electrons. The van der Waals surface area contributed by atoms with Crippen LogP contribution in [0.5, 0.6) is 0 Å². The Morgan fingerprint density at radius 1 is 0.958 bits per heavy atom. The first-order chi connectivity index (χ1) is 11.8. The molecule has 1 aliphatic heterocycles. The maximum atomic E-state index is 5.56. The maximum Gasteiger partial charge on any atom is 0.117 e. The molecule has 1 fully saturated rings. The Bertz CT molecular complexity index is 588. The number of aryl methyl sites for hydroxylation is 1. The molecule has 24 heavy (non-hydrogen) atoms.